The molecular weight excluding hydrogens is 402 g/mol. The molecule has 2 aromatic rings. The lowest BCUT2D eigenvalue weighted by molar-refractivity contribution is -0.133. The smallest absolute Gasteiger partial charge is 0.237 e. The van der Waals surface area contributed by atoms with Crippen LogP contribution in [0.25, 0.3) is 0 Å². The third-order valence-electron chi connectivity index (χ3n) is 6.69. The lowest BCUT2D eigenvalue weighted by atomic mass is 10.1. The number of benzene rings is 1. The summed E-state index contributed by atoms with van der Waals surface area (Å²) in [4.78, 5) is 41.3. The number of nitrogens with zero attached hydrogens (tertiary/aromatic N) is 5. The van der Waals surface area contributed by atoms with Gasteiger partial charge in [0, 0.05) is 24.3 Å². The average molecular weight is 436 g/mol. The Bertz CT molecular complexity index is 974. The van der Waals surface area contributed by atoms with Gasteiger partial charge < -0.3 is 4.90 Å². The molecule has 0 radical (unpaired) electrons. The molecule has 170 valence electrons. The van der Waals surface area contributed by atoms with Crippen molar-refractivity contribution in [1.82, 2.24) is 19.8 Å². The first kappa shape index (κ1) is 22.4. The van der Waals surface area contributed by atoms with Crippen LogP contribution in [0.15, 0.2) is 30.3 Å². The van der Waals surface area contributed by atoms with Crippen LogP contribution in [0.4, 0.5) is 5.82 Å². The quantitative estimate of drug-likeness (QED) is 0.638. The number of amides is 2. The van der Waals surface area contributed by atoms with Crippen LogP contribution in [-0.2, 0) is 22.4 Å². The van der Waals surface area contributed by atoms with E-state index in [1.807, 2.05) is 30.0 Å². The number of carbonyl (C=O) groups excluding carboxylic acids is 2. The Morgan fingerprint density at radius 1 is 1.16 bits per heavy atom. The highest BCUT2D eigenvalue weighted by Gasteiger charge is 2.36. The first-order chi connectivity index (χ1) is 15.5. The highest BCUT2D eigenvalue weighted by molar-refractivity contribution is 6.00. The second kappa shape index (κ2) is 9.77. The van der Waals surface area contributed by atoms with Gasteiger partial charge in [0.15, 0.2) is 5.82 Å². The summed E-state index contributed by atoms with van der Waals surface area (Å²) < 4.78 is 0. The van der Waals surface area contributed by atoms with Crippen LogP contribution in [0.1, 0.15) is 55.4 Å². The largest absolute Gasteiger partial charge is 0.331 e. The van der Waals surface area contributed by atoms with Crippen LogP contribution in [0.3, 0.4) is 0 Å². The number of fused-ring (bicyclic) bond motifs is 1. The predicted molar refractivity (Wildman–Crippen MR) is 124 cm³/mol. The topological polar surface area (TPSA) is 69.6 Å². The molecule has 0 aliphatic carbocycles. The summed E-state index contributed by atoms with van der Waals surface area (Å²) in [6.07, 6.45) is 2.94. The van der Waals surface area contributed by atoms with Crippen molar-refractivity contribution in [2.75, 3.05) is 37.6 Å². The molecule has 1 atom stereocenters. The molecule has 3 heterocycles. The fourth-order valence-corrected chi connectivity index (χ4v) is 4.73. The van der Waals surface area contributed by atoms with E-state index in [9.17, 15) is 9.59 Å². The van der Waals surface area contributed by atoms with Crippen LogP contribution in [0.2, 0.25) is 0 Å². The van der Waals surface area contributed by atoms with Gasteiger partial charge in [0.2, 0.25) is 11.8 Å². The lowest BCUT2D eigenvalue weighted by Gasteiger charge is -2.27. The third-order valence-corrected chi connectivity index (χ3v) is 6.69. The van der Waals surface area contributed by atoms with E-state index in [0.717, 1.165) is 56.0 Å². The van der Waals surface area contributed by atoms with Crippen molar-refractivity contribution in [3.05, 3.63) is 53.0 Å². The van der Waals surface area contributed by atoms with Gasteiger partial charge in [0.05, 0.1) is 19.0 Å². The highest BCUT2D eigenvalue weighted by atomic mass is 16.2. The van der Waals surface area contributed by atoms with E-state index in [2.05, 4.69) is 30.9 Å². The molecule has 0 bridgehead atoms. The minimum absolute atomic E-state index is 0.0753. The first-order valence-electron chi connectivity index (χ1n) is 11.7. The van der Waals surface area contributed by atoms with Crippen molar-refractivity contribution in [3.63, 3.8) is 0 Å². The number of likely N-dealkylation sites (N-methyl/N-ethyl adjacent to an activating group) is 1. The average Bonchev–Trinajstić information content (AvgIpc) is 3.41. The standard InChI is InChI=1S/C25H33N5O2/c1-4-28(5-2)17-23(32)29-14-9-12-21(29)24-26-18(3)20-16-22(31)30(25(20)27-24)15-13-19-10-7-6-8-11-19/h6-8,10-11,21H,4-5,9,12-17H2,1-3H3/t21-/m0/s1. The maximum Gasteiger partial charge on any atom is 0.237 e. The van der Waals surface area contributed by atoms with Gasteiger partial charge in [-0.2, -0.15) is 0 Å². The molecule has 4 rings (SSSR count). The van der Waals surface area contributed by atoms with E-state index in [1.54, 1.807) is 4.90 Å². The van der Waals surface area contributed by atoms with E-state index in [0.29, 0.717) is 25.3 Å². The van der Waals surface area contributed by atoms with Crippen molar-refractivity contribution in [3.8, 4) is 0 Å². The van der Waals surface area contributed by atoms with Gasteiger partial charge >= 0.3 is 0 Å². The van der Waals surface area contributed by atoms with Gasteiger partial charge in [-0.25, -0.2) is 9.97 Å². The Morgan fingerprint density at radius 2 is 1.91 bits per heavy atom. The van der Waals surface area contributed by atoms with Crippen LogP contribution in [-0.4, -0.2) is 64.3 Å². The molecule has 0 spiro atoms. The number of likely N-dealkylation sites (tertiary alicyclic amines) is 1. The molecule has 32 heavy (non-hydrogen) atoms. The van der Waals surface area contributed by atoms with Gasteiger partial charge in [-0.15, -0.1) is 0 Å². The number of aromatic nitrogens is 2. The Labute approximate surface area is 190 Å². The molecule has 1 aromatic heterocycles. The molecule has 7 nitrogen and oxygen atoms in total. The fourth-order valence-electron chi connectivity index (χ4n) is 4.73. The van der Waals surface area contributed by atoms with E-state index < -0.39 is 0 Å². The van der Waals surface area contributed by atoms with Crippen molar-refractivity contribution >= 4 is 17.6 Å². The summed E-state index contributed by atoms with van der Waals surface area (Å²) in [5.41, 5.74) is 2.97. The Balaban J connectivity index is 1.56. The molecule has 0 unspecified atom stereocenters. The minimum atomic E-state index is -0.117. The van der Waals surface area contributed by atoms with Crippen LogP contribution in [0.5, 0.6) is 0 Å². The molecule has 1 saturated heterocycles. The fraction of sp³-hybridized carbons (Fsp3) is 0.520. The monoisotopic (exact) mass is 435 g/mol. The number of aryl methyl sites for hydroxylation is 1. The zero-order valence-corrected chi connectivity index (χ0v) is 19.4. The SMILES string of the molecule is CCN(CC)CC(=O)N1CCC[C@H]1c1nc(C)c2c(n1)N(CCc1ccccc1)C(=O)C2. The van der Waals surface area contributed by atoms with Gasteiger partial charge in [0.25, 0.3) is 0 Å². The minimum Gasteiger partial charge on any atom is -0.331 e. The number of hydrogen-bond acceptors (Lipinski definition) is 5. The van der Waals surface area contributed by atoms with E-state index in [4.69, 9.17) is 9.97 Å². The zero-order valence-electron chi connectivity index (χ0n) is 19.4. The first-order valence-corrected chi connectivity index (χ1v) is 11.7. The summed E-state index contributed by atoms with van der Waals surface area (Å²) in [5.74, 6) is 1.61. The van der Waals surface area contributed by atoms with E-state index in [-0.39, 0.29) is 17.9 Å². The molecule has 2 aliphatic heterocycles. The Morgan fingerprint density at radius 3 is 2.62 bits per heavy atom. The van der Waals surface area contributed by atoms with Gasteiger partial charge in [-0.3, -0.25) is 19.4 Å². The van der Waals surface area contributed by atoms with E-state index in [1.165, 1.54) is 5.56 Å². The predicted octanol–water partition coefficient (Wildman–Crippen LogP) is 2.92. The molecule has 2 amide bonds. The maximum absolute atomic E-state index is 13.0. The molecular formula is C25H33N5O2. The van der Waals surface area contributed by atoms with Crippen LogP contribution >= 0.6 is 0 Å². The number of rotatable bonds is 8. The second-order valence-corrected chi connectivity index (χ2v) is 8.63. The van der Waals surface area contributed by atoms with Gasteiger partial charge in [-0.1, -0.05) is 44.2 Å². The lowest BCUT2D eigenvalue weighted by Crippen LogP contribution is -2.40. The summed E-state index contributed by atoms with van der Waals surface area (Å²) in [5, 5.41) is 0. The number of carbonyl (C=O) groups is 2. The van der Waals surface area contributed by atoms with Crippen molar-refractivity contribution in [2.24, 2.45) is 0 Å². The summed E-state index contributed by atoms with van der Waals surface area (Å²) in [6, 6.07) is 10.1. The second-order valence-electron chi connectivity index (χ2n) is 8.63. The van der Waals surface area contributed by atoms with Crippen molar-refractivity contribution < 1.29 is 9.59 Å². The molecule has 7 heteroatoms. The van der Waals surface area contributed by atoms with Gasteiger partial charge in [-0.05, 0) is 44.8 Å². The van der Waals surface area contributed by atoms with Crippen LogP contribution in [0, 0.1) is 6.92 Å². The van der Waals surface area contributed by atoms with Crippen molar-refractivity contribution in [2.45, 2.75) is 52.5 Å². The Hall–Kier alpha value is -2.80. The summed E-state index contributed by atoms with van der Waals surface area (Å²) >= 11 is 0. The molecule has 2 aliphatic rings. The third kappa shape index (κ3) is 4.53. The normalized spacial score (nSPS) is 18.0. The van der Waals surface area contributed by atoms with E-state index >= 15 is 0 Å². The Kier molecular flexibility index (Phi) is 6.84. The van der Waals surface area contributed by atoms with Gasteiger partial charge in [0.1, 0.15) is 5.82 Å². The zero-order chi connectivity index (χ0) is 22.7. The molecule has 0 saturated carbocycles. The number of hydrogen-bond donors (Lipinski definition) is 0. The summed E-state index contributed by atoms with van der Waals surface area (Å²) in [7, 11) is 0. The number of anilines is 1. The maximum atomic E-state index is 13.0. The van der Waals surface area contributed by atoms with Crippen molar-refractivity contribution in [1.29, 1.82) is 0 Å². The molecule has 1 fully saturated rings. The highest BCUT2D eigenvalue weighted by Crippen LogP contribution is 2.35. The molecule has 0 N–H and O–H groups in total. The van der Waals surface area contributed by atoms with Crippen LogP contribution < -0.4 is 4.90 Å². The molecule has 1 aromatic carbocycles. The summed E-state index contributed by atoms with van der Waals surface area (Å²) in [6.45, 7) is 9.58.